The Hall–Kier alpha value is -0.392. The Morgan fingerprint density at radius 1 is 0.914 bits per heavy atom. The van der Waals surface area contributed by atoms with Crippen LogP contribution in [-0.4, -0.2) is 0 Å². The molecule has 4 rings (SSSR count). The Labute approximate surface area is 266 Å². The van der Waals surface area contributed by atoms with Crippen molar-refractivity contribution in [3.63, 3.8) is 0 Å². The van der Waals surface area contributed by atoms with Gasteiger partial charge in [0.25, 0.3) is 0 Å². The molecule has 3 aliphatic rings. The van der Waals surface area contributed by atoms with E-state index in [1.165, 1.54) is 11.1 Å². The first kappa shape index (κ1) is 34.6. The Morgan fingerprint density at radius 2 is 1.69 bits per heavy atom. The predicted octanol–water partition coefficient (Wildman–Crippen LogP) is 9.26. The summed E-state index contributed by atoms with van der Waals surface area (Å²) in [6, 6.07) is 11.4. The standard InChI is InChI=1S/C29H28.2C2H6.2Y/c1-23-9-6-12-25(17-16-23)26-13-7-15-28(19-18-26)29(2)21-8-14-27(20-22-29)24-10-4-3-5-11-24;2*1-2;;/h3-8,10,12,18,20-23,28H,9,15-16,19H2,1-2H3;2*1-2H3;;/q-4;;;;/t23-,28?,29?;;;;/m1..../s1. The van der Waals surface area contributed by atoms with Crippen molar-refractivity contribution in [2.75, 3.05) is 0 Å². The molecular weight excluding hydrogens is 574 g/mol. The average Bonchev–Trinajstić information content (AvgIpc) is 3.33. The fourth-order valence-electron chi connectivity index (χ4n) is 4.13. The fourth-order valence-corrected chi connectivity index (χ4v) is 4.13. The monoisotopic (exact) mass is 614 g/mol. The molecule has 0 aliphatic heterocycles. The molecule has 0 amide bonds. The summed E-state index contributed by atoms with van der Waals surface area (Å²) in [7, 11) is 0. The summed E-state index contributed by atoms with van der Waals surface area (Å²) in [4.78, 5) is 0. The maximum atomic E-state index is 3.60. The van der Waals surface area contributed by atoms with E-state index in [0.29, 0.717) is 11.8 Å². The number of hydrogen-bond donors (Lipinski definition) is 0. The SMILES string of the molecule is CC.CC.C[C@H]1C[C-]=C(C2=CCC(C3(C)C=C[C-]=C(c4[c-]cccc4)C=C3)CC=[C-]2)C=CC1.[Y].[Y]. The van der Waals surface area contributed by atoms with Crippen molar-refractivity contribution in [1.29, 1.82) is 0 Å². The Bertz CT molecular complexity index is 941. The molecule has 2 heteroatoms. The molecule has 2 unspecified atom stereocenters. The summed E-state index contributed by atoms with van der Waals surface area (Å²) in [5.41, 5.74) is 4.58. The third-order valence-electron chi connectivity index (χ3n) is 6.19. The minimum Gasteiger partial charge on any atom is -0.302 e. The van der Waals surface area contributed by atoms with Crippen LogP contribution >= 0.6 is 0 Å². The quantitative estimate of drug-likeness (QED) is 0.298. The van der Waals surface area contributed by atoms with Crippen LogP contribution in [0.15, 0.2) is 84.0 Å². The average molecular weight is 614 g/mol. The second-order valence-corrected chi connectivity index (χ2v) is 8.54. The van der Waals surface area contributed by atoms with Gasteiger partial charge in [0.2, 0.25) is 0 Å². The number of allylic oxidation sites excluding steroid dienone is 14. The minimum absolute atomic E-state index is 0. The van der Waals surface area contributed by atoms with E-state index >= 15 is 0 Å². The van der Waals surface area contributed by atoms with Crippen LogP contribution in [0.2, 0.25) is 0 Å². The zero-order valence-corrected chi connectivity index (χ0v) is 28.2. The van der Waals surface area contributed by atoms with Crippen molar-refractivity contribution in [3.05, 3.63) is 114 Å². The topological polar surface area (TPSA) is 0 Å². The van der Waals surface area contributed by atoms with Crippen LogP contribution in [0.1, 0.15) is 72.8 Å². The van der Waals surface area contributed by atoms with Gasteiger partial charge < -0.3 is 11.1 Å². The first-order valence-electron chi connectivity index (χ1n) is 12.7. The van der Waals surface area contributed by atoms with E-state index in [0.717, 1.165) is 36.8 Å². The van der Waals surface area contributed by atoms with E-state index in [1.54, 1.807) is 0 Å². The molecular formula is C33H40Y2-4. The molecule has 0 fully saturated rings. The van der Waals surface area contributed by atoms with Crippen LogP contribution in [0.25, 0.3) is 5.57 Å². The molecule has 0 heterocycles. The van der Waals surface area contributed by atoms with Crippen LogP contribution in [0.5, 0.6) is 0 Å². The molecule has 35 heavy (non-hydrogen) atoms. The summed E-state index contributed by atoms with van der Waals surface area (Å²) in [6.07, 6.45) is 32.8. The molecule has 0 aromatic heterocycles. The van der Waals surface area contributed by atoms with E-state index in [1.807, 2.05) is 39.8 Å². The molecule has 3 aliphatic carbocycles. The van der Waals surface area contributed by atoms with Crippen molar-refractivity contribution in [1.82, 2.24) is 0 Å². The first-order valence-corrected chi connectivity index (χ1v) is 12.7. The van der Waals surface area contributed by atoms with Crippen molar-refractivity contribution >= 4 is 5.57 Å². The molecule has 2 radical (unpaired) electrons. The second-order valence-electron chi connectivity index (χ2n) is 8.54. The number of hydrogen-bond acceptors (Lipinski definition) is 0. The van der Waals surface area contributed by atoms with Gasteiger partial charge >= 0.3 is 0 Å². The number of benzene rings is 1. The van der Waals surface area contributed by atoms with Crippen molar-refractivity contribution in [3.8, 4) is 0 Å². The molecule has 0 N–H and O–H groups in total. The molecule has 0 saturated carbocycles. The van der Waals surface area contributed by atoms with Gasteiger partial charge in [0.1, 0.15) is 0 Å². The molecule has 1 aromatic carbocycles. The Morgan fingerprint density at radius 3 is 2.40 bits per heavy atom. The molecule has 3 atom stereocenters. The third kappa shape index (κ3) is 10.5. The second kappa shape index (κ2) is 18.8. The van der Waals surface area contributed by atoms with Crippen molar-refractivity contribution < 1.29 is 65.4 Å². The minimum atomic E-state index is -0.0143. The van der Waals surface area contributed by atoms with Crippen LogP contribution in [0, 0.1) is 41.5 Å². The van der Waals surface area contributed by atoms with Crippen LogP contribution < -0.4 is 0 Å². The summed E-state index contributed by atoms with van der Waals surface area (Å²) in [6.45, 7) is 12.6. The number of rotatable bonds is 3. The van der Waals surface area contributed by atoms with E-state index in [9.17, 15) is 0 Å². The van der Waals surface area contributed by atoms with Crippen molar-refractivity contribution in [2.24, 2.45) is 17.3 Å². The van der Waals surface area contributed by atoms with E-state index in [2.05, 4.69) is 98.9 Å². The summed E-state index contributed by atoms with van der Waals surface area (Å²) in [5.74, 6) is 1.17. The zero-order valence-electron chi connectivity index (χ0n) is 22.6. The van der Waals surface area contributed by atoms with Gasteiger partial charge in [-0.2, -0.15) is 54.6 Å². The van der Waals surface area contributed by atoms with Gasteiger partial charge in [-0.25, -0.2) is 29.4 Å². The van der Waals surface area contributed by atoms with Gasteiger partial charge in [-0.15, -0.1) is 18.2 Å². The Kier molecular flexibility index (Phi) is 18.6. The van der Waals surface area contributed by atoms with Gasteiger partial charge in [0, 0.05) is 65.4 Å². The predicted molar refractivity (Wildman–Crippen MR) is 144 cm³/mol. The van der Waals surface area contributed by atoms with Gasteiger partial charge in [-0.05, 0) is 24.2 Å². The zero-order chi connectivity index (χ0) is 24.1. The molecule has 0 bridgehead atoms. The van der Waals surface area contributed by atoms with Gasteiger partial charge in [-0.1, -0.05) is 60.3 Å². The third-order valence-corrected chi connectivity index (χ3v) is 6.19. The summed E-state index contributed by atoms with van der Waals surface area (Å²) in [5, 5.41) is 0. The molecule has 182 valence electrons. The molecule has 0 nitrogen and oxygen atoms in total. The first-order chi connectivity index (χ1) is 16.1. The van der Waals surface area contributed by atoms with Crippen LogP contribution in [-0.2, 0) is 65.4 Å². The molecule has 0 spiro atoms. The maximum absolute atomic E-state index is 3.60. The van der Waals surface area contributed by atoms with E-state index in [-0.39, 0.29) is 70.8 Å². The van der Waals surface area contributed by atoms with Gasteiger partial charge in [0.15, 0.2) is 0 Å². The maximum Gasteiger partial charge on any atom is 0 e. The fraction of sp³-hybridized carbons (Fsp3) is 0.394. The summed E-state index contributed by atoms with van der Waals surface area (Å²) >= 11 is 0. The largest absolute Gasteiger partial charge is 0.302 e. The molecule has 0 saturated heterocycles. The van der Waals surface area contributed by atoms with E-state index in [4.69, 9.17) is 0 Å². The van der Waals surface area contributed by atoms with Gasteiger partial charge in [-0.3, -0.25) is 6.08 Å². The van der Waals surface area contributed by atoms with Gasteiger partial charge in [0.05, 0.1) is 0 Å². The van der Waals surface area contributed by atoms with Crippen molar-refractivity contribution in [2.45, 2.75) is 67.2 Å². The Balaban J connectivity index is 0.00000183. The van der Waals surface area contributed by atoms with E-state index < -0.39 is 0 Å². The normalized spacial score (nSPS) is 24.7. The van der Waals surface area contributed by atoms with Crippen LogP contribution in [0.4, 0.5) is 0 Å². The summed E-state index contributed by atoms with van der Waals surface area (Å²) < 4.78 is 0. The van der Waals surface area contributed by atoms with Crippen LogP contribution in [0.3, 0.4) is 0 Å². The smallest absolute Gasteiger partial charge is 0 e. The molecule has 1 aromatic rings.